The van der Waals surface area contributed by atoms with Crippen LogP contribution in [0.4, 0.5) is 11.8 Å². The van der Waals surface area contributed by atoms with Crippen LogP contribution in [0.15, 0.2) is 24.4 Å². The Hall–Kier alpha value is -2.01. The number of hydrogen-bond acceptors (Lipinski definition) is 5. The van der Waals surface area contributed by atoms with Crippen LogP contribution in [-0.2, 0) is 0 Å². The standard InChI is InChI=1S/C16H21N5/c1-11-8-12(2)20-16(19-11)21-15-9-13(5-7-18-15)14-4-3-6-17-10-14/h5,7-9,14,17H,3-4,6,10H2,1-2H3,(H,18,19,20,21). The summed E-state index contributed by atoms with van der Waals surface area (Å²) in [4.78, 5) is 13.2. The molecule has 0 aromatic carbocycles. The van der Waals surface area contributed by atoms with Crippen LogP contribution in [0, 0.1) is 13.8 Å². The van der Waals surface area contributed by atoms with Crippen molar-refractivity contribution in [3.8, 4) is 0 Å². The molecule has 2 N–H and O–H groups in total. The maximum absolute atomic E-state index is 4.40. The van der Waals surface area contributed by atoms with Crippen molar-refractivity contribution >= 4 is 11.8 Å². The summed E-state index contributed by atoms with van der Waals surface area (Å²) in [7, 11) is 0. The van der Waals surface area contributed by atoms with Crippen LogP contribution in [0.1, 0.15) is 35.7 Å². The van der Waals surface area contributed by atoms with Gasteiger partial charge in [-0.05, 0) is 62.9 Å². The van der Waals surface area contributed by atoms with Gasteiger partial charge in [0.2, 0.25) is 5.95 Å². The highest BCUT2D eigenvalue weighted by Gasteiger charge is 2.15. The van der Waals surface area contributed by atoms with Gasteiger partial charge < -0.3 is 10.6 Å². The van der Waals surface area contributed by atoms with Gasteiger partial charge in [0.25, 0.3) is 0 Å². The number of aryl methyl sites for hydroxylation is 2. The molecule has 0 radical (unpaired) electrons. The van der Waals surface area contributed by atoms with Gasteiger partial charge in [-0.2, -0.15) is 0 Å². The molecule has 0 saturated carbocycles. The van der Waals surface area contributed by atoms with Crippen molar-refractivity contribution in [2.24, 2.45) is 0 Å². The minimum atomic E-state index is 0.572. The lowest BCUT2D eigenvalue weighted by molar-refractivity contribution is 0.461. The average molecular weight is 283 g/mol. The van der Waals surface area contributed by atoms with Crippen molar-refractivity contribution in [2.45, 2.75) is 32.6 Å². The molecule has 1 aliphatic rings. The van der Waals surface area contributed by atoms with E-state index < -0.39 is 0 Å². The first-order valence-corrected chi connectivity index (χ1v) is 7.47. The first kappa shape index (κ1) is 13.9. The summed E-state index contributed by atoms with van der Waals surface area (Å²) in [5, 5.41) is 6.66. The molecular weight excluding hydrogens is 262 g/mol. The monoisotopic (exact) mass is 283 g/mol. The fourth-order valence-corrected chi connectivity index (χ4v) is 2.80. The molecule has 3 heterocycles. The van der Waals surface area contributed by atoms with Gasteiger partial charge in [0.05, 0.1) is 0 Å². The lowest BCUT2D eigenvalue weighted by Crippen LogP contribution is -2.28. The molecule has 1 saturated heterocycles. The van der Waals surface area contributed by atoms with Crippen LogP contribution < -0.4 is 10.6 Å². The largest absolute Gasteiger partial charge is 0.316 e. The highest BCUT2D eigenvalue weighted by atomic mass is 15.1. The summed E-state index contributed by atoms with van der Waals surface area (Å²) in [5.41, 5.74) is 3.24. The average Bonchev–Trinajstić information content (AvgIpc) is 2.47. The van der Waals surface area contributed by atoms with Crippen molar-refractivity contribution in [1.82, 2.24) is 20.3 Å². The second-order valence-electron chi connectivity index (χ2n) is 5.62. The van der Waals surface area contributed by atoms with Crippen LogP contribution in [0.3, 0.4) is 0 Å². The molecule has 0 bridgehead atoms. The van der Waals surface area contributed by atoms with Gasteiger partial charge in [-0.15, -0.1) is 0 Å². The second-order valence-corrected chi connectivity index (χ2v) is 5.62. The Bertz CT molecular complexity index is 600. The van der Waals surface area contributed by atoms with Crippen LogP contribution >= 0.6 is 0 Å². The Balaban J connectivity index is 1.79. The number of nitrogens with one attached hydrogen (secondary N) is 2. The van der Waals surface area contributed by atoms with E-state index in [4.69, 9.17) is 0 Å². The summed E-state index contributed by atoms with van der Waals surface area (Å²) in [6.45, 7) is 6.11. The van der Waals surface area contributed by atoms with E-state index >= 15 is 0 Å². The van der Waals surface area contributed by atoms with Gasteiger partial charge >= 0.3 is 0 Å². The zero-order valence-corrected chi connectivity index (χ0v) is 12.6. The lowest BCUT2D eigenvalue weighted by Gasteiger charge is -2.23. The van der Waals surface area contributed by atoms with Gasteiger partial charge in [0, 0.05) is 24.1 Å². The third kappa shape index (κ3) is 3.55. The molecule has 5 nitrogen and oxygen atoms in total. The third-order valence-electron chi connectivity index (χ3n) is 3.77. The van der Waals surface area contributed by atoms with Gasteiger partial charge in [0.15, 0.2) is 0 Å². The number of rotatable bonds is 3. The Kier molecular flexibility index (Phi) is 4.10. The third-order valence-corrected chi connectivity index (χ3v) is 3.77. The van der Waals surface area contributed by atoms with Crippen LogP contribution in [-0.4, -0.2) is 28.0 Å². The molecule has 0 spiro atoms. The quantitative estimate of drug-likeness (QED) is 0.907. The molecule has 110 valence electrons. The SMILES string of the molecule is Cc1cc(C)nc(Nc2cc(C3CCCNC3)ccn2)n1. The molecule has 1 unspecified atom stereocenters. The van der Waals surface area contributed by atoms with Gasteiger partial charge in [-0.1, -0.05) is 0 Å². The number of nitrogens with zero attached hydrogens (tertiary/aromatic N) is 3. The van der Waals surface area contributed by atoms with Crippen LogP contribution in [0.25, 0.3) is 0 Å². The number of anilines is 2. The summed E-state index contributed by atoms with van der Waals surface area (Å²) in [6, 6.07) is 6.17. The van der Waals surface area contributed by atoms with Gasteiger partial charge in [0.1, 0.15) is 5.82 Å². The van der Waals surface area contributed by atoms with E-state index in [2.05, 4.69) is 37.7 Å². The molecule has 1 atom stereocenters. The van der Waals surface area contributed by atoms with E-state index in [0.29, 0.717) is 11.9 Å². The highest BCUT2D eigenvalue weighted by molar-refractivity contribution is 5.49. The van der Waals surface area contributed by atoms with E-state index in [1.165, 1.54) is 18.4 Å². The number of piperidine rings is 1. The normalized spacial score (nSPS) is 18.5. The maximum Gasteiger partial charge on any atom is 0.228 e. The van der Waals surface area contributed by atoms with Gasteiger partial charge in [-0.25, -0.2) is 15.0 Å². The smallest absolute Gasteiger partial charge is 0.228 e. The van der Waals surface area contributed by atoms with Gasteiger partial charge in [-0.3, -0.25) is 0 Å². The van der Waals surface area contributed by atoms with Crippen LogP contribution in [0.5, 0.6) is 0 Å². The molecule has 5 heteroatoms. The summed E-state index contributed by atoms with van der Waals surface area (Å²) in [6.07, 6.45) is 4.32. The van der Waals surface area contributed by atoms with E-state index in [1.54, 1.807) is 0 Å². The lowest BCUT2D eigenvalue weighted by atomic mass is 9.92. The van der Waals surface area contributed by atoms with E-state index in [0.717, 1.165) is 30.3 Å². The van der Waals surface area contributed by atoms with E-state index in [1.807, 2.05) is 26.1 Å². The topological polar surface area (TPSA) is 62.7 Å². The number of hydrogen-bond donors (Lipinski definition) is 2. The Labute approximate surface area is 125 Å². The Morgan fingerprint density at radius 1 is 1.19 bits per heavy atom. The van der Waals surface area contributed by atoms with Crippen molar-refractivity contribution < 1.29 is 0 Å². The zero-order valence-electron chi connectivity index (χ0n) is 12.6. The fourth-order valence-electron chi connectivity index (χ4n) is 2.80. The molecule has 1 fully saturated rings. The zero-order chi connectivity index (χ0) is 14.7. The minimum absolute atomic E-state index is 0.572. The molecule has 2 aromatic heterocycles. The van der Waals surface area contributed by atoms with Crippen molar-refractivity contribution in [3.63, 3.8) is 0 Å². The predicted octanol–water partition coefficient (Wildman–Crippen LogP) is 2.70. The van der Waals surface area contributed by atoms with Crippen molar-refractivity contribution in [2.75, 3.05) is 18.4 Å². The first-order valence-electron chi connectivity index (χ1n) is 7.47. The molecule has 1 aliphatic heterocycles. The summed E-state index contributed by atoms with van der Waals surface area (Å²) >= 11 is 0. The maximum atomic E-state index is 4.40. The van der Waals surface area contributed by atoms with Crippen LogP contribution in [0.2, 0.25) is 0 Å². The molecule has 0 aliphatic carbocycles. The Morgan fingerprint density at radius 2 is 2.00 bits per heavy atom. The van der Waals surface area contributed by atoms with E-state index in [9.17, 15) is 0 Å². The molecule has 2 aromatic rings. The Morgan fingerprint density at radius 3 is 2.71 bits per heavy atom. The molecule has 3 rings (SSSR count). The summed E-state index contributed by atoms with van der Waals surface area (Å²) in [5.74, 6) is 1.99. The highest BCUT2D eigenvalue weighted by Crippen LogP contribution is 2.25. The minimum Gasteiger partial charge on any atom is -0.316 e. The summed E-state index contributed by atoms with van der Waals surface area (Å²) < 4.78 is 0. The van der Waals surface area contributed by atoms with Crippen molar-refractivity contribution in [1.29, 1.82) is 0 Å². The fraction of sp³-hybridized carbons (Fsp3) is 0.438. The number of aromatic nitrogens is 3. The molecular formula is C16H21N5. The van der Waals surface area contributed by atoms with Crippen molar-refractivity contribution in [3.05, 3.63) is 41.3 Å². The number of pyridine rings is 1. The first-order chi connectivity index (χ1) is 10.2. The molecule has 0 amide bonds. The second kappa shape index (κ2) is 6.18. The predicted molar refractivity (Wildman–Crippen MR) is 83.9 cm³/mol. The molecule has 21 heavy (non-hydrogen) atoms. The van der Waals surface area contributed by atoms with E-state index in [-0.39, 0.29) is 0 Å².